The highest BCUT2D eigenvalue weighted by Gasteiger charge is 2.69. The highest BCUT2D eigenvalue weighted by Crippen LogP contribution is 2.65. The molecule has 1 saturated heterocycles. The monoisotopic (exact) mass is 481 g/mol. The van der Waals surface area contributed by atoms with Gasteiger partial charge in [0.25, 0.3) is 5.91 Å². The van der Waals surface area contributed by atoms with Crippen molar-refractivity contribution in [3.05, 3.63) is 78.0 Å². The molecule has 1 aliphatic carbocycles. The molecule has 7 nitrogen and oxygen atoms in total. The predicted molar refractivity (Wildman–Crippen MR) is 132 cm³/mol. The van der Waals surface area contributed by atoms with Gasteiger partial charge in [-0.2, -0.15) is 5.26 Å². The fourth-order valence-electron chi connectivity index (χ4n) is 5.96. The third-order valence-corrected chi connectivity index (χ3v) is 8.00. The Kier molecular flexibility index (Phi) is 4.87. The number of nitrogens with one attached hydrogen (secondary N) is 2. The Labute approximate surface area is 206 Å². The number of aromatic nitrogens is 2. The molecule has 2 fully saturated rings. The SMILES string of the molecule is CC1(C)C2CN(C(=O)c3cc4cccc(F)c4[nH]3)C(C(=O)NC(C#N)c3cncc4ccccc34)C21. The minimum Gasteiger partial charge on any atom is -0.348 e. The summed E-state index contributed by atoms with van der Waals surface area (Å²) in [7, 11) is 0. The van der Waals surface area contributed by atoms with Crippen LogP contribution in [0.4, 0.5) is 4.39 Å². The van der Waals surface area contributed by atoms with Crippen molar-refractivity contribution in [3.8, 4) is 6.07 Å². The number of rotatable bonds is 4. The minimum atomic E-state index is -0.920. The van der Waals surface area contributed by atoms with Crippen LogP contribution in [0.3, 0.4) is 0 Å². The molecule has 2 aromatic carbocycles. The maximum Gasteiger partial charge on any atom is 0.271 e. The number of benzene rings is 2. The van der Waals surface area contributed by atoms with E-state index in [9.17, 15) is 19.2 Å². The second-order valence-corrected chi connectivity index (χ2v) is 10.3. The molecule has 4 atom stereocenters. The van der Waals surface area contributed by atoms with Gasteiger partial charge >= 0.3 is 0 Å². The van der Waals surface area contributed by atoms with Crippen molar-refractivity contribution < 1.29 is 14.0 Å². The van der Waals surface area contributed by atoms with Crippen molar-refractivity contribution in [1.82, 2.24) is 20.2 Å². The summed E-state index contributed by atoms with van der Waals surface area (Å²) in [6.45, 7) is 4.62. The molecule has 4 aromatic rings. The molecule has 4 unspecified atom stereocenters. The average molecular weight is 482 g/mol. The quantitative estimate of drug-likeness (QED) is 0.453. The molecular weight excluding hydrogens is 457 g/mol. The first kappa shape index (κ1) is 22.2. The zero-order valence-corrected chi connectivity index (χ0v) is 19.8. The van der Waals surface area contributed by atoms with E-state index in [4.69, 9.17) is 0 Å². The molecule has 2 aliphatic rings. The number of H-pyrrole nitrogens is 1. The molecule has 0 radical (unpaired) electrons. The summed E-state index contributed by atoms with van der Waals surface area (Å²) >= 11 is 0. The van der Waals surface area contributed by atoms with Gasteiger partial charge in [-0.1, -0.05) is 50.2 Å². The molecule has 1 aliphatic heterocycles. The largest absolute Gasteiger partial charge is 0.348 e. The van der Waals surface area contributed by atoms with Gasteiger partial charge in [0, 0.05) is 35.3 Å². The van der Waals surface area contributed by atoms with Crippen LogP contribution in [0.2, 0.25) is 0 Å². The first-order valence-corrected chi connectivity index (χ1v) is 11.9. The van der Waals surface area contributed by atoms with Gasteiger partial charge in [0.05, 0.1) is 11.6 Å². The maximum absolute atomic E-state index is 14.2. The standard InChI is InChI=1S/C28H24FN5O2/c1-28(2)19-14-34(27(36)21-10-15-7-5-9-20(29)24(15)32-21)25(23(19)28)26(35)33-22(11-30)18-13-31-12-16-6-3-4-8-17(16)18/h3-10,12-13,19,22-23,25,32H,14H2,1-2H3,(H,33,35). The summed E-state index contributed by atoms with van der Waals surface area (Å²) < 4.78 is 14.2. The Balaban J connectivity index is 1.31. The molecule has 3 heterocycles. The molecule has 2 N–H and O–H groups in total. The molecule has 1 saturated carbocycles. The second kappa shape index (κ2) is 7.89. The number of halogens is 1. The molecule has 2 aromatic heterocycles. The highest BCUT2D eigenvalue weighted by atomic mass is 19.1. The number of nitrogens with zero attached hydrogens (tertiary/aromatic N) is 3. The van der Waals surface area contributed by atoms with Gasteiger partial charge in [0.15, 0.2) is 0 Å². The van der Waals surface area contributed by atoms with E-state index in [1.54, 1.807) is 35.5 Å². The summed E-state index contributed by atoms with van der Waals surface area (Å²) in [5.74, 6) is -1.00. The number of fused-ring (bicyclic) bond motifs is 3. The van der Waals surface area contributed by atoms with Crippen LogP contribution in [-0.4, -0.2) is 39.3 Å². The van der Waals surface area contributed by atoms with Gasteiger partial charge in [-0.3, -0.25) is 14.6 Å². The number of nitriles is 1. The fourth-order valence-corrected chi connectivity index (χ4v) is 5.96. The summed E-state index contributed by atoms with van der Waals surface area (Å²) in [5, 5.41) is 15.1. The normalized spacial score (nSPS) is 22.7. The van der Waals surface area contributed by atoms with Crippen LogP contribution in [-0.2, 0) is 4.79 Å². The van der Waals surface area contributed by atoms with E-state index in [1.165, 1.54) is 6.07 Å². The minimum absolute atomic E-state index is 0.0208. The molecule has 2 amide bonds. The van der Waals surface area contributed by atoms with Crippen LogP contribution < -0.4 is 5.32 Å². The van der Waals surface area contributed by atoms with Crippen LogP contribution >= 0.6 is 0 Å². The number of hydrogen-bond donors (Lipinski definition) is 2. The summed E-state index contributed by atoms with van der Waals surface area (Å²) in [5.41, 5.74) is 1.02. The number of carbonyl (C=O) groups excluding carboxylic acids is 2. The Hall–Kier alpha value is -4.25. The zero-order chi connectivity index (χ0) is 25.2. The predicted octanol–water partition coefficient (Wildman–Crippen LogP) is 4.33. The first-order valence-electron chi connectivity index (χ1n) is 11.9. The second-order valence-electron chi connectivity index (χ2n) is 10.3. The Bertz CT molecular complexity index is 1580. The van der Waals surface area contributed by atoms with E-state index in [2.05, 4.69) is 35.2 Å². The van der Waals surface area contributed by atoms with E-state index < -0.39 is 17.9 Å². The van der Waals surface area contributed by atoms with Gasteiger partial charge < -0.3 is 15.2 Å². The van der Waals surface area contributed by atoms with Crippen molar-refractivity contribution in [2.75, 3.05) is 6.54 Å². The lowest BCUT2D eigenvalue weighted by molar-refractivity contribution is -0.126. The van der Waals surface area contributed by atoms with E-state index in [0.717, 1.165) is 10.8 Å². The highest BCUT2D eigenvalue weighted by molar-refractivity contribution is 6.01. The van der Waals surface area contributed by atoms with E-state index in [1.807, 2.05) is 24.3 Å². The number of hydrogen-bond acceptors (Lipinski definition) is 4. The van der Waals surface area contributed by atoms with Gasteiger partial charge in [-0.15, -0.1) is 0 Å². The number of likely N-dealkylation sites (tertiary alicyclic amines) is 1. The lowest BCUT2D eigenvalue weighted by Crippen LogP contribution is -2.50. The number of amides is 2. The molecule has 0 bridgehead atoms. The van der Waals surface area contributed by atoms with Crippen molar-refractivity contribution in [2.45, 2.75) is 25.9 Å². The summed E-state index contributed by atoms with van der Waals surface area (Å²) in [4.78, 5) is 35.9. The zero-order valence-electron chi connectivity index (χ0n) is 19.8. The number of carbonyl (C=O) groups is 2. The van der Waals surface area contributed by atoms with Gasteiger partial charge in [-0.25, -0.2) is 4.39 Å². The third-order valence-electron chi connectivity index (χ3n) is 8.00. The van der Waals surface area contributed by atoms with Gasteiger partial charge in [0.2, 0.25) is 5.91 Å². The molecule has 0 spiro atoms. The molecule has 6 rings (SSSR count). The smallest absolute Gasteiger partial charge is 0.271 e. The number of pyridine rings is 1. The molecule has 180 valence electrons. The number of para-hydroxylation sites is 1. The van der Waals surface area contributed by atoms with Crippen molar-refractivity contribution in [3.63, 3.8) is 0 Å². The Morgan fingerprint density at radius 2 is 1.97 bits per heavy atom. The number of piperidine rings is 1. The Morgan fingerprint density at radius 1 is 1.19 bits per heavy atom. The summed E-state index contributed by atoms with van der Waals surface area (Å²) in [6, 6.07) is 14.4. The van der Waals surface area contributed by atoms with Crippen molar-refractivity contribution in [1.29, 1.82) is 5.26 Å². The lowest BCUT2D eigenvalue weighted by Gasteiger charge is -2.30. The van der Waals surface area contributed by atoms with Crippen molar-refractivity contribution in [2.24, 2.45) is 17.3 Å². The molecule has 8 heteroatoms. The number of aromatic amines is 1. The van der Waals surface area contributed by atoms with Crippen LogP contribution in [0.1, 0.15) is 35.9 Å². The maximum atomic E-state index is 14.2. The van der Waals surface area contributed by atoms with Crippen LogP contribution in [0, 0.1) is 34.4 Å². The first-order chi connectivity index (χ1) is 17.3. The topological polar surface area (TPSA) is 102 Å². The van der Waals surface area contributed by atoms with Crippen LogP contribution in [0.25, 0.3) is 21.7 Å². The lowest BCUT2D eigenvalue weighted by atomic mass is 9.98. The van der Waals surface area contributed by atoms with E-state index in [-0.39, 0.29) is 40.3 Å². The van der Waals surface area contributed by atoms with Crippen LogP contribution in [0.5, 0.6) is 0 Å². The third kappa shape index (κ3) is 3.27. The van der Waals surface area contributed by atoms with Crippen molar-refractivity contribution >= 4 is 33.5 Å². The summed E-state index contributed by atoms with van der Waals surface area (Å²) in [6.07, 6.45) is 3.31. The van der Waals surface area contributed by atoms with E-state index >= 15 is 0 Å². The Morgan fingerprint density at radius 3 is 2.75 bits per heavy atom. The van der Waals surface area contributed by atoms with Crippen LogP contribution in [0.15, 0.2) is 60.9 Å². The van der Waals surface area contributed by atoms with E-state index in [0.29, 0.717) is 17.5 Å². The molecule has 36 heavy (non-hydrogen) atoms. The van der Waals surface area contributed by atoms with Gasteiger partial charge in [0.1, 0.15) is 23.6 Å². The molecular formula is C28H24FN5O2. The average Bonchev–Trinajstić information content (AvgIpc) is 3.26. The van der Waals surface area contributed by atoms with Gasteiger partial charge in [-0.05, 0) is 34.8 Å². The fraction of sp³-hybridized carbons (Fsp3) is 0.286.